The maximum Gasteiger partial charge on any atom is 0.418 e. The average Bonchev–Trinajstić information content (AvgIpc) is 3.65. The van der Waals surface area contributed by atoms with Gasteiger partial charge in [-0.2, -0.15) is 34.2 Å². The fourth-order valence-corrected chi connectivity index (χ4v) is 6.74. The van der Waals surface area contributed by atoms with E-state index in [4.69, 9.17) is 0 Å². The van der Waals surface area contributed by atoms with Crippen LogP contribution in [-0.4, -0.2) is 9.13 Å². The lowest BCUT2D eigenvalue weighted by molar-refractivity contribution is -0.137. The molecule has 0 fully saturated rings. The van der Waals surface area contributed by atoms with Crippen molar-refractivity contribution in [3.8, 4) is 46.8 Å². The molecule has 0 atom stereocenters. The molecule has 9 heteroatoms. The molecule has 0 bridgehead atoms. The number of rotatable bonds is 3. The summed E-state index contributed by atoms with van der Waals surface area (Å²) in [7, 11) is 0. The van der Waals surface area contributed by atoms with Crippen molar-refractivity contribution in [1.82, 2.24) is 9.13 Å². The summed E-state index contributed by atoms with van der Waals surface area (Å²) in [5.74, 6) is 0. The molecule has 0 saturated carbocycles. The molecule has 6 aromatic carbocycles. The van der Waals surface area contributed by atoms with E-state index in [0.717, 1.165) is 6.07 Å². The molecule has 8 aromatic rings. The predicted molar refractivity (Wildman–Crippen MR) is 182 cm³/mol. The molecular formula is C41H17F3N6. The molecule has 0 aliphatic heterocycles. The Bertz CT molecular complexity index is 2850. The monoisotopic (exact) mass is 650 g/mol. The van der Waals surface area contributed by atoms with E-state index in [1.165, 1.54) is 22.8 Å². The van der Waals surface area contributed by atoms with E-state index in [-0.39, 0.29) is 22.5 Å². The van der Waals surface area contributed by atoms with E-state index < -0.39 is 11.7 Å². The molecule has 0 N–H and O–H groups in total. The number of halogens is 3. The molecule has 0 saturated heterocycles. The minimum atomic E-state index is -4.88. The lowest BCUT2D eigenvalue weighted by Gasteiger charge is -2.22. The molecule has 50 heavy (non-hydrogen) atoms. The van der Waals surface area contributed by atoms with Crippen LogP contribution in [0.4, 0.5) is 13.2 Å². The second-order valence-electron chi connectivity index (χ2n) is 11.6. The highest BCUT2D eigenvalue weighted by Crippen LogP contribution is 2.45. The standard InChI is InChI=1S/C41H17F3N6/c42-41(43,44)34-19-39(49-35-7-2-1-6-29(35)30-11-8-25(21-46)15-36(30)49)33(28-5-3-4-24(14-28)20-45)18-40(34)50-37-16-26(22-47)9-12-31(37)32-13-10-27(23-48)17-38(32)50/h1,3-6,8-19H. The Labute approximate surface area is 282 Å². The molecule has 0 radical (unpaired) electrons. The number of fused-ring (bicyclic) bond motifs is 6. The second-order valence-corrected chi connectivity index (χ2v) is 11.6. The summed E-state index contributed by atoms with van der Waals surface area (Å²) in [6.45, 7) is 0. The highest BCUT2D eigenvalue weighted by molar-refractivity contribution is 6.11. The third-order valence-corrected chi connectivity index (χ3v) is 8.89. The molecular weight excluding hydrogens is 633 g/mol. The minimum Gasteiger partial charge on any atom is -0.309 e. The average molecular weight is 651 g/mol. The fraction of sp³-hybridized carbons (Fsp3) is 0.0244. The largest absolute Gasteiger partial charge is 0.418 e. The Balaban J connectivity index is 1.59. The van der Waals surface area contributed by atoms with E-state index in [2.05, 4.69) is 36.4 Å². The molecule has 2 heterocycles. The van der Waals surface area contributed by atoms with Crippen molar-refractivity contribution in [3.05, 3.63) is 143 Å². The molecule has 0 amide bonds. The van der Waals surface area contributed by atoms with Gasteiger partial charge in [0.05, 0.1) is 80.0 Å². The van der Waals surface area contributed by atoms with Crippen LogP contribution in [0.2, 0.25) is 0 Å². The van der Waals surface area contributed by atoms with E-state index in [1.54, 1.807) is 83.4 Å². The first-order valence-corrected chi connectivity index (χ1v) is 15.2. The molecule has 6 nitrogen and oxygen atoms in total. The topological polar surface area (TPSA) is 105 Å². The third kappa shape index (κ3) is 4.50. The van der Waals surface area contributed by atoms with Crippen molar-refractivity contribution in [1.29, 1.82) is 21.0 Å². The van der Waals surface area contributed by atoms with E-state index in [9.17, 15) is 21.0 Å². The van der Waals surface area contributed by atoms with Gasteiger partial charge in [-0.05, 0) is 84.4 Å². The van der Waals surface area contributed by atoms with E-state index >= 15 is 13.2 Å². The van der Waals surface area contributed by atoms with E-state index in [1.807, 2.05) is 0 Å². The number of alkyl halides is 3. The van der Waals surface area contributed by atoms with Crippen LogP contribution in [0.15, 0.2) is 103 Å². The van der Waals surface area contributed by atoms with Gasteiger partial charge in [-0.3, -0.25) is 0 Å². The van der Waals surface area contributed by atoms with Gasteiger partial charge in [0.2, 0.25) is 0 Å². The zero-order valence-electron chi connectivity index (χ0n) is 25.6. The highest BCUT2D eigenvalue weighted by Gasteiger charge is 2.37. The van der Waals surface area contributed by atoms with Gasteiger partial charge in [0.1, 0.15) is 5.52 Å². The van der Waals surface area contributed by atoms with Crippen molar-refractivity contribution < 1.29 is 13.2 Å². The number of hydrogen-bond donors (Lipinski definition) is 0. The summed E-state index contributed by atoms with van der Waals surface area (Å²) in [4.78, 5) is 0. The number of benzene rings is 5. The maximum absolute atomic E-state index is 15.5. The normalized spacial score (nSPS) is 11.3. The predicted octanol–water partition coefficient (Wildman–Crippen LogP) is 9.65. The van der Waals surface area contributed by atoms with Crippen LogP contribution >= 0.6 is 0 Å². The lowest BCUT2D eigenvalue weighted by atomic mass is 9.97. The number of nitriles is 4. The zero-order chi connectivity index (χ0) is 34.7. The molecule has 0 unspecified atom stereocenters. The van der Waals surface area contributed by atoms with Crippen molar-refractivity contribution in [2.24, 2.45) is 0 Å². The van der Waals surface area contributed by atoms with Crippen molar-refractivity contribution in [3.63, 3.8) is 0 Å². The zero-order valence-corrected chi connectivity index (χ0v) is 25.6. The lowest BCUT2D eigenvalue weighted by Crippen LogP contribution is -2.13. The summed E-state index contributed by atoms with van der Waals surface area (Å²) in [6, 6.07) is 41.6. The van der Waals surface area contributed by atoms with Crippen LogP contribution in [0.1, 0.15) is 27.8 Å². The van der Waals surface area contributed by atoms with Crippen LogP contribution < -0.4 is 0 Å². The molecule has 0 aliphatic rings. The molecule has 8 rings (SSSR count). The summed E-state index contributed by atoms with van der Waals surface area (Å²) < 4.78 is 49.7. The molecule has 0 aliphatic carbocycles. The first-order valence-electron chi connectivity index (χ1n) is 15.2. The Morgan fingerprint density at radius 2 is 1.08 bits per heavy atom. The fourth-order valence-electron chi connectivity index (χ4n) is 6.74. The first kappa shape index (κ1) is 29.9. The van der Waals surface area contributed by atoms with Crippen LogP contribution in [0.5, 0.6) is 0 Å². The van der Waals surface area contributed by atoms with Crippen LogP contribution in [-0.2, 0) is 6.18 Å². The number of nitrogens with zero attached hydrogens (tertiary/aromatic N) is 6. The van der Waals surface area contributed by atoms with Crippen LogP contribution in [0, 0.1) is 57.5 Å². The van der Waals surface area contributed by atoms with Crippen molar-refractivity contribution >= 4 is 43.6 Å². The van der Waals surface area contributed by atoms with Gasteiger partial charge >= 0.3 is 6.18 Å². The van der Waals surface area contributed by atoms with Crippen molar-refractivity contribution in [2.75, 3.05) is 0 Å². The summed E-state index contributed by atoms with van der Waals surface area (Å²) in [5, 5.41) is 41.7. The Hall–Kier alpha value is -7.51. The van der Waals surface area contributed by atoms with Gasteiger partial charge < -0.3 is 9.13 Å². The smallest absolute Gasteiger partial charge is 0.309 e. The first-order chi connectivity index (χ1) is 24.2. The second kappa shape index (κ2) is 11.0. The van der Waals surface area contributed by atoms with Gasteiger partial charge in [0, 0.05) is 27.1 Å². The van der Waals surface area contributed by atoms with Crippen LogP contribution in [0.25, 0.3) is 66.1 Å². The van der Waals surface area contributed by atoms with Gasteiger partial charge in [-0.15, -0.1) is 0 Å². The molecule has 0 spiro atoms. The summed E-state index contributed by atoms with van der Waals surface area (Å²) >= 11 is 0. The Morgan fingerprint density at radius 1 is 0.540 bits per heavy atom. The van der Waals surface area contributed by atoms with Gasteiger partial charge in [-0.25, -0.2) is 0 Å². The van der Waals surface area contributed by atoms with Gasteiger partial charge in [0.25, 0.3) is 0 Å². The maximum atomic E-state index is 15.5. The summed E-state index contributed by atoms with van der Waals surface area (Å²) in [5.41, 5.74) is 2.50. The molecule has 232 valence electrons. The van der Waals surface area contributed by atoms with Crippen LogP contribution in [0.3, 0.4) is 0 Å². The van der Waals surface area contributed by atoms with Gasteiger partial charge in [0.15, 0.2) is 0 Å². The molecule has 2 aromatic heterocycles. The number of aromatic nitrogens is 2. The van der Waals surface area contributed by atoms with Gasteiger partial charge in [-0.1, -0.05) is 36.4 Å². The SMILES string of the molecule is N#Cc1cccc(-c2cc(-n3c4cc(C#N)ccc4c4ccc(C#N)cc43)c(C(F)(F)F)cc2-n2c3c#cccc3c3ccc(C#N)cc32)c1. The highest BCUT2D eigenvalue weighted by atomic mass is 19.4. The third-order valence-electron chi connectivity index (χ3n) is 8.89. The minimum absolute atomic E-state index is 0.137. The quantitative estimate of drug-likeness (QED) is 0.190. The van der Waals surface area contributed by atoms with E-state index in [0.29, 0.717) is 65.9 Å². The Morgan fingerprint density at radius 3 is 1.64 bits per heavy atom. The Kier molecular flexibility index (Phi) is 6.59. The number of hydrogen-bond acceptors (Lipinski definition) is 4. The van der Waals surface area contributed by atoms with Crippen molar-refractivity contribution in [2.45, 2.75) is 6.18 Å². The summed E-state index contributed by atoms with van der Waals surface area (Å²) in [6.07, 6.45) is -4.88.